The number of amides is 1. The number of hydrogen-bond donors (Lipinski definition) is 2. The summed E-state index contributed by atoms with van der Waals surface area (Å²) in [6.07, 6.45) is 0. The van der Waals surface area contributed by atoms with Gasteiger partial charge in [0.1, 0.15) is 5.75 Å². The molecular formula is C17H13F2N3O3. The minimum absolute atomic E-state index is 0.0205. The largest absolute Gasteiger partial charge is 0.434 e. The third kappa shape index (κ3) is 3.47. The van der Waals surface area contributed by atoms with Gasteiger partial charge >= 0.3 is 6.61 Å². The average Bonchev–Trinajstić information content (AvgIpc) is 2.58. The number of aryl methyl sites for hydroxylation is 1. The fourth-order valence-electron chi connectivity index (χ4n) is 2.38. The van der Waals surface area contributed by atoms with E-state index in [4.69, 9.17) is 0 Å². The zero-order chi connectivity index (χ0) is 18.0. The lowest BCUT2D eigenvalue weighted by atomic mass is 10.1. The molecule has 1 heterocycles. The Morgan fingerprint density at radius 2 is 1.92 bits per heavy atom. The van der Waals surface area contributed by atoms with E-state index in [-0.39, 0.29) is 17.1 Å². The Kier molecular flexibility index (Phi) is 4.42. The van der Waals surface area contributed by atoms with Gasteiger partial charge in [-0.1, -0.05) is 24.3 Å². The van der Waals surface area contributed by atoms with Crippen molar-refractivity contribution in [1.29, 1.82) is 0 Å². The van der Waals surface area contributed by atoms with Gasteiger partial charge in [0.05, 0.1) is 5.39 Å². The summed E-state index contributed by atoms with van der Waals surface area (Å²) in [6.45, 7) is -1.35. The molecule has 1 aromatic heterocycles. The first kappa shape index (κ1) is 16.6. The lowest BCUT2D eigenvalue weighted by molar-refractivity contribution is -0.0502. The number of hydrogen-bond acceptors (Lipinski definition) is 4. The van der Waals surface area contributed by atoms with Crippen LogP contribution in [0.3, 0.4) is 0 Å². The molecule has 128 valence electrons. The van der Waals surface area contributed by atoms with Gasteiger partial charge in [0.15, 0.2) is 5.69 Å². The standard InChI is InChI=1S/C17H13F2N3O3/c1-9-6-7-10(8-13(9)25-17(18)19)20-16(24)14-11-4-2-3-5-12(11)15(23)22-21-14/h2-8,17H,1H3,(H,20,24)(H,22,23). The quantitative estimate of drug-likeness (QED) is 0.761. The number of carbonyl (C=O) groups is 1. The molecule has 8 heteroatoms. The number of aromatic nitrogens is 2. The van der Waals surface area contributed by atoms with Gasteiger partial charge < -0.3 is 10.1 Å². The van der Waals surface area contributed by atoms with Gasteiger partial charge in [-0.05, 0) is 24.6 Å². The second kappa shape index (κ2) is 6.68. The number of benzene rings is 2. The second-order valence-corrected chi connectivity index (χ2v) is 5.26. The van der Waals surface area contributed by atoms with Crippen molar-refractivity contribution in [1.82, 2.24) is 10.2 Å². The first-order chi connectivity index (χ1) is 12.0. The number of nitrogens with one attached hydrogen (secondary N) is 2. The van der Waals surface area contributed by atoms with Crippen LogP contribution < -0.4 is 15.6 Å². The maximum absolute atomic E-state index is 12.5. The number of ether oxygens (including phenoxy) is 1. The van der Waals surface area contributed by atoms with Gasteiger partial charge in [-0.25, -0.2) is 5.10 Å². The van der Waals surface area contributed by atoms with Crippen LogP contribution in [0.4, 0.5) is 14.5 Å². The summed E-state index contributed by atoms with van der Waals surface area (Å²) in [5.74, 6) is -0.619. The lowest BCUT2D eigenvalue weighted by Gasteiger charge is -2.11. The fourth-order valence-corrected chi connectivity index (χ4v) is 2.38. The number of nitrogens with zero attached hydrogens (tertiary/aromatic N) is 1. The van der Waals surface area contributed by atoms with Crippen molar-refractivity contribution in [3.63, 3.8) is 0 Å². The van der Waals surface area contributed by atoms with Crippen LogP contribution in [0, 0.1) is 6.92 Å². The van der Waals surface area contributed by atoms with E-state index < -0.39 is 18.1 Å². The van der Waals surface area contributed by atoms with E-state index in [0.29, 0.717) is 16.3 Å². The van der Waals surface area contributed by atoms with Crippen LogP contribution in [0.5, 0.6) is 5.75 Å². The normalized spacial score (nSPS) is 10.9. The number of fused-ring (bicyclic) bond motifs is 1. The molecular weight excluding hydrogens is 332 g/mol. The van der Waals surface area contributed by atoms with Crippen molar-refractivity contribution in [2.75, 3.05) is 5.32 Å². The molecule has 0 bridgehead atoms. The maximum Gasteiger partial charge on any atom is 0.387 e. The van der Waals surface area contributed by atoms with E-state index in [1.807, 2.05) is 0 Å². The molecule has 3 aromatic rings. The first-order valence-electron chi connectivity index (χ1n) is 7.30. The molecule has 1 amide bonds. The van der Waals surface area contributed by atoms with E-state index in [2.05, 4.69) is 20.3 Å². The molecule has 0 aliphatic carbocycles. The molecule has 25 heavy (non-hydrogen) atoms. The zero-order valence-electron chi connectivity index (χ0n) is 13.0. The fraction of sp³-hybridized carbons (Fsp3) is 0.118. The minimum atomic E-state index is -2.96. The topological polar surface area (TPSA) is 84.1 Å². The molecule has 0 radical (unpaired) electrons. The van der Waals surface area contributed by atoms with E-state index in [0.717, 1.165) is 0 Å². The van der Waals surface area contributed by atoms with Crippen molar-refractivity contribution < 1.29 is 18.3 Å². The predicted molar refractivity (Wildman–Crippen MR) is 88.1 cm³/mol. The van der Waals surface area contributed by atoms with Crippen LogP contribution >= 0.6 is 0 Å². The van der Waals surface area contributed by atoms with Crippen LogP contribution in [-0.4, -0.2) is 22.7 Å². The number of aromatic amines is 1. The first-order valence-corrected chi connectivity index (χ1v) is 7.30. The second-order valence-electron chi connectivity index (χ2n) is 5.26. The number of carbonyl (C=O) groups excluding carboxylic acids is 1. The molecule has 0 aliphatic heterocycles. The highest BCUT2D eigenvalue weighted by molar-refractivity contribution is 6.11. The summed E-state index contributed by atoms with van der Waals surface area (Å²) < 4.78 is 29.2. The van der Waals surface area contributed by atoms with Crippen molar-refractivity contribution in [2.45, 2.75) is 13.5 Å². The molecule has 0 unspecified atom stereocenters. The SMILES string of the molecule is Cc1ccc(NC(=O)c2n[nH]c(=O)c3ccccc23)cc1OC(F)F. The molecule has 0 saturated carbocycles. The van der Waals surface area contributed by atoms with Crippen molar-refractivity contribution >= 4 is 22.4 Å². The van der Waals surface area contributed by atoms with Crippen molar-refractivity contribution in [3.8, 4) is 5.75 Å². The highest BCUT2D eigenvalue weighted by Crippen LogP contribution is 2.25. The van der Waals surface area contributed by atoms with E-state index in [1.54, 1.807) is 43.3 Å². The van der Waals surface area contributed by atoms with E-state index >= 15 is 0 Å². The molecule has 0 spiro atoms. The van der Waals surface area contributed by atoms with Gasteiger partial charge in [-0.2, -0.15) is 13.9 Å². The van der Waals surface area contributed by atoms with Gasteiger partial charge in [0.25, 0.3) is 11.5 Å². The maximum atomic E-state index is 12.5. The van der Waals surface area contributed by atoms with Gasteiger partial charge in [0, 0.05) is 17.1 Å². The molecule has 0 fully saturated rings. The summed E-state index contributed by atoms with van der Waals surface area (Å²) in [6, 6.07) is 10.9. The third-order valence-electron chi connectivity index (χ3n) is 3.57. The van der Waals surface area contributed by atoms with E-state index in [9.17, 15) is 18.4 Å². The molecule has 2 aromatic carbocycles. The Bertz CT molecular complexity index is 1000. The molecule has 3 rings (SSSR count). The summed E-state index contributed by atoms with van der Waals surface area (Å²) in [5, 5.41) is 9.33. The van der Waals surface area contributed by atoms with Crippen molar-refractivity contribution in [3.05, 3.63) is 64.1 Å². The van der Waals surface area contributed by atoms with Gasteiger partial charge in [0.2, 0.25) is 0 Å². The monoisotopic (exact) mass is 345 g/mol. The Morgan fingerprint density at radius 3 is 2.64 bits per heavy atom. The van der Waals surface area contributed by atoms with E-state index in [1.165, 1.54) is 6.07 Å². The lowest BCUT2D eigenvalue weighted by Crippen LogP contribution is -2.19. The van der Waals surface area contributed by atoms with Crippen LogP contribution in [0.15, 0.2) is 47.3 Å². The van der Waals surface area contributed by atoms with Crippen LogP contribution in [0.1, 0.15) is 16.1 Å². The van der Waals surface area contributed by atoms with Crippen LogP contribution in [-0.2, 0) is 0 Å². The van der Waals surface area contributed by atoms with Crippen molar-refractivity contribution in [2.24, 2.45) is 0 Å². The Labute approximate surface area is 140 Å². The highest BCUT2D eigenvalue weighted by atomic mass is 19.3. The molecule has 0 atom stereocenters. The Hall–Kier alpha value is -3.29. The molecule has 0 aliphatic rings. The number of anilines is 1. The minimum Gasteiger partial charge on any atom is -0.434 e. The average molecular weight is 345 g/mol. The highest BCUT2D eigenvalue weighted by Gasteiger charge is 2.15. The van der Waals surface area contributed by atoms with Crippen LogP contribution in [0.25, 0.3) is 10.8 Å². The smallest absolute Gasteiger partial charge is 0.387 e. The molecule has 0 saturated heterocycles. The Morgan fingerprint density at radius 1 is 1.20 bits per heavy atom. The predicted octanol–water partition coefficient (Wildman–Crippen LogP) is 3.09. The molecule has 6 nitrogen and oxygen atoms in total. The third-order valence-corrected chi connectivity index (χ3v) is 3.57. The number of rotatable bonds is 4. The summed E-state index contributed by atoms with van der Waals surface area (Å²) >= 11 is 0. The number of alkyl halides is 2. The van der Waals surface area contributed by atoms with Gasteiger partial charge in [-0.15, -0.1) is 0 Å². The summed E-state index contributed by atoms with van der Waals surface area (Å²) in [4.78, 5) is 24.2. The zero-order valence-corrected chi connectivity index (χ0v) is 13.0. The summed E-state index contributed by atoms with van der Waals surface area (Å²) in [7, 11) is 0. The number of H-pyrrole nitrogens is 1. The van der Waals surface area contributed by atoms with Gasteiger partial charge in [-0.3, -0.25) is 9.59 Å². The Balaban J connectivity index is 1.93. The summed E-state index contributed by atoms with van der Waals surface area (Å²) in [5.41, 5.74) is 0.386. The number of halogens is 2. The molecule has 2 N–H and O–H groups in total. The van der Waals surface area contributed by atoms with Crippen LogP contribution in [0.2, 0.25) is 0 Å².